The number of nitrogens with two attached hydrogens (primary N) is 1. The fourth-order valence-corrected chi connectivity index (χ4v) is 3.64. The molecule has 0 radical (unpaired) electrons. The number of likely N-dealkylation sites (tertiary alicyclic amines) is 1. The number of primary amides is 1. The second kappa shape index (κ2) is 7.98. The maximum Gasteiger partial charge on any atom is 0.221 e. The normalized spacial score (nSPS) is 20.1. The number of carbonyl (C=O) groups excluding carboxylic acids is 1. The van der Waals surface area contributed by atoms with E-state index in [1.54, 1.807) is 11.3 Å². The third kappa shape index (κ3) is 4.74. The molecule has 1 aromatic heterocycles. The third-order valence-corrected chi connectivity index (χ3v) is 5.10. The molecule has 1 fully saturated rings. The summed E-state index contributed by atoms with van der Waals surface area (Å²) < 4.78 is 0. The molecule has 1 amide bonds. The van der Waals surface area contributed by atoms with Gasteiger partial charge in [-0.1, -0.05) is 11.6 Å². The van der Waals surface area contributed by atoms with Crippen LogP contribution in [0.1, 0.15) is 24.1 Å². The molecule has 20 heavy (non-hydrogen) atoms. The van der Waals surface area contributed by atoms with Gasteiger partial charge in [0.15, 0.2) is 0 Å². The summed E-state index contributed by atoms with van der Waals surface area (Å²) in [6.45, 7) is 4.73. The van der Waals surface area contributed by atoms with E-state index < -0.39 is 0 Å². The van der Waals surface area contributed by atoms with Gasteiger partial charge in [0.05, 0.1) is 10.9 Å². The van der Waals surface area contributed by atoms with Crippen LogP contribution in [0.4, 0.5) is 0 Å². The van der Waals surface area contributed by atoms with Crippen LogP contribution in [0.15, 0.2) is 11.4 Å². The van der Waals surface area contributed by atoms with Crippen LogP contribution in [-0.2, 0) is 11.3 Å². The fourth-order valence-electron chi connectivity index (χ4n) is 2.57. The van der Waals surface area contributed by atoms with Gasteiger partial charge in [-0.05, 0) is 50.3 Å². The van der Waals surface area contributed by atoms with Crippen molar-refractivity contribution in [3.63, 3.8) is 0 Å². The Hall–Kier alpha value is -0.620. The lowest BCUT2D eigenvalue weighted by molar-refractivity contribution is -0.123. The Morgan fingerprint density at radius 2 is 2.45 bits per heavy atom. The summed E-state index contributed by atoms with van der Waals surface area (Å²) in [5.41, 5.74) is 5.38. The van der Waals surface area contributed by atoms with Crippen molar-refractivity contribution in [1.29, 1.82) is 0 Å². The van der Waals surface area contributed by atoms with Crippen LogP contribution < -0.4 is 11.1 Å². The molecule has 0 aliphatic carbocycles. The van der Waals surface area contributed by atoms with Gasteiger partial charge >= 0.3 is 0 Å². The topological polar surface area (TPSA) is 58.4 Å². The number of nitrogens with one attached hydrogen (secondary N) is 1. The zero-order chi connectivity index (χ0) is 14.4. The first-order chi connectivity index (χ1) is 9.66. The number of hydrogen-bond acceptors (Lipinski definition) is 4. The largest absolute Gasteiger partial charge is 0.369 e. The lowest BCUT2D eigenvalue weighted by atomic mass is 9.97. The highest BCUT2D eigenvalue weighted by Crippen LogP contribution is 2.21. The standard InChI is InChI=1S/C14H22ClN3OS/c15-12-4-8-20-13(12)9-17-5-2-7-18-6-1-3-11(10-18)14(16)19/h4,8,11,17H,1-3,5-7,9-10H2,(H2,16,19)/t11-/m0/s1. The van der Waals surface area contributed by atoms with Gasteiger partial charge in [0.1, 0.15) is 0 Å². The van der Waals surface area contributed by atoms with Gasteiger partial charge in [-0.25, -0.2) is 0 Å². The average Bonchev–Trinajstić information content (AvgIpc) is 2.84. The molecule has 2 rings (SSSR count). The van der Waals surface area contributed by atoms with E-state index in [0.717, 1.165) is 57.0 Å². The van der Waals surface area contributed by atoms with Crippen molar-refractivity contribution >= 4 is 28.8 Å². The third-order valence-electron chi connectivity index (χ3n) is 3.71. The first-order valence-corrected chi connectivity index (χ1v) is 8.37. The Balaban J connectivity index is 1.59. The monoisotopic (exact) mass is 315 g/mol. The van der Waals surface area contributed by atoms with Crippen molar-refractivity contribution in [3.05, 3.63) is 21.3 Å². The van der Waals surface area contributed by atoms with Crippen molar-refractivity contribution in [2.75, 3.05) is 26.2 Å². The molecule has 0 unspecified atom stereocenters. The Labute approximate surface area is 129 Å². The summed E-state index contributed by atoms with van der Waals surface area (Å²) in [5, 5.41) is 6.27. The van der Waals surface area contributed by atoms with Crippen molar-refractivity contribution < 1.29 is 4.79 Å². The van der Waals surface area contributed by atoms with Gasteiger partial charge in [0, 0.05) is 18.0 Å². The number of amides is 1. The van der Waals surface area contributed by atoms with E-state index in [9.17, 15) is 4.79 Å². The van der Waals surface area contributed by atoms with Crippen molar-refractivity contribution in [2.24, 2.45) is 11.7 Å². The first-order valence-electron chi connectivity index (χ1n) is 7.11. The van der Waals surface area contributed by atoms with E-state index in [-0.39, 0.29) is 11.8 Å². The Morgan fingerprint density at radius 3 is 3.15 bits per heavy atom. The molecule has 0 spiro atoms. The van der Waals surface area contributed by atoms with Gasteiger partial charge in [-0.2, -0.15) is 0 Å². The van der Waals surface area contributed by atoms with E-state index in [0.29, 0.717) is 0 Å². The van der Waals surface area contributed by atoms with Gasteiger partial charge in [0.2, 0.25) is 5.91 Å². The molecule has 1 atom stereocenters. The molecule has 6 heteroatoms. The van der Waals surface area contributed by atoms with Gasteiger partial charge in [-0.3, -0.25) is 4.79 Å². The van der Waals surface area contributed by atoms with Crippen LogP contribution in [-0.4, -0.2) is 37.0 Å². The number of carbonyl (C=O) groups is 1. The number of rotatable bonds is 7. The minimum atomic E-state index is -0.153. The maximum absolute atomic E-state index is 11.2. The van der Waals surface area contributed by atoms with E-state index >= 15 is 0 Å². The molecule has 2 heterocycles. The van der Waals surface area contributed by atoms with E-state index in [4.69, 9.17) is 17.3 Å². The van der Waals surface area contributed by atoms with Crippen molar-refractivity contribution in [2.45, 2.75) is 25.8 Å². The molecular formula is C14H22ClN3OS. The molecule has 3 N–H and O–H groups in total. The minimum Gasteiger partial charge on any atom is -0.369 e. The number of nitrogens with zero attached hydrogens (tertiary/aromatic N) is 1. The number of piperidine rings is 1. The Morgan fingerprint density at radius 1 is 1.60 bits per heavy atom. The summed E-state index contributed by atoms with van der Waals surface area (Å²) in [4.78, 5) is 14.8. The molecule has 112 valence electrons. The van der Waals surface area contributed by atoms with Crippen LogP contribution in [0.5, 0.6) is 0 Å². The smallest absolute Gasteiger partial charge is 0.221 e. The summed E-state index contributed by atoms with van der Waals surface area (Å²) in [6, 6.07) is 1.93. The van der Waals surface area contributed by atoms with E-state index in [2.05, 4.69) is 10.2 Å². The average molecular weight is 316 g/mol. The predicted molar refractivity (Wildman–Crippen MR) is 84.0 cm³/mol. The quantitative estimate of drug-likeness (QED) is 0.757. The van der Waals surface area contributed by atoms with Crippen LogP contribution in [0, 0.1) is 5.92 Å². The van der Waals surface area contributed by atoms with E-state index in [1.165, 1.54) is 4.88 Å². The lowest BCUT2D eigenvalue weighted by Crippen LogP contribution is -2.41. The van der Waals surface area contributed by atoms with Gasteiger partial charge < -0.3 is 16.0 Å². The van der Waals surface area contributed by atoms with Crippen molar-refractivity contribution in [3.8, 4) is 0 Å². The molecule has 0 bridgehead atoms. The summed E-state index contributed by atoms with van der Waals surface area (Å²) in [7, 11) is 0. The van der Waals surface area contributed by atoms with Gasteiger partial charge in [-0.15, -0.1) is 11.3 Å². The minimum absolute atomic E-state index is 0.0432. The molecule has 1 aliphatic heterocycles. The molecule has 0 aromatic carbocycles. The lowest BCUT2D eigenvalue weighted by Gasteiger charge is -2.31. The molecule has 0 saturated carbocycles. The Bertz CT molecular complexity index is 438. The molecular weight excluding hydrogens is 294 g/mol. The summed E-state index contributed by atoms with van der Waals surface area (Å²) in [5.74, 6) is -0.109. The number of hydrogen-bond donors (Lipinski definition) is 2. The van der Waals surface area contributed by atoms with E-state index in [1.807, 2.05) is 11.4 Å². The fraction of sp³-hybridized carbons (Fsp3) is 0.643. The summed E-state index contributed by atoms with van der Waals surface area (Å²) in [6.07, 6.45) is 3.10. The molecule has 1 aromatic rings. The van der Waals surface area contributed by atoms with Crippen molar-refractivity contribution in [1.82, 2.24) is 10.2 Å². The highest BCUT2D eigenvalue weighted by Gasteiger charge is 2.23. The zero-order valence-electron chi connectivity index (χ0n) is 11.6. The van der Waals surface area contributed by atoms with Crippen LogP contribution >= 0.6 is 22.9 Å². The zero-order valence-corrected chi connectivity index (χ0v) is 13.2. The highest BCUT2D eigenvalue weighted by atomic mass is 35.5. The maximum atomic E-state index is 11.2. The Kier molecular flexibility index (Phi) is 6.29. The number of thiophene rings is 1. The van der Waals surface area contributed by atoms with Crippen LogP contribution in [0.25, 0.3) is 0 Å². The molecule has 1 saturated heterocycles. The first kappa shape index (κ1) is 15.8. The summed E-state index contributed by atoms with van der Waals surface area (Å²) >= 11 is 7.72. The second-order valence-electron chi connectivity index (χ2n) is 5.26. The van der Waals surface area contributed by atoms with Crippen LogP contribution in [0.3, 0.4) is 0 Å². The second-order valence-corrected chi connectivity index (χ2v) is 6.67. The van der Waals surface area contributed by atoms with Crippen LogP contribution in [0.2, 0.25) is 5.02 Å². The van der Waals surface area contributed by atoms with Gasteiger partial charge in [0.25, 0.3) is 0 Å². The number of halogens is 1. The highest BCUT2D eigenvalue weighted by molar-refractivity contribution is 7.10. The molecule has 1 aliphatic rings. The molecule has 4 nitrogen and oxygen atoms in total. The predicted octanol–water partition coefficient (Wildman–Crippen LogP) is 2.08. The SMILES string of the molecule is NC(=O)[C@H]1CCCN(CCCNCc2sccc2Cl)C1.